The van der Waals surface area contributed by atoms with Crippen molar-refractivity contribution in [2.45, 2.75) is 19.3 Å². The van der Waals surface area contributed by atoms with Crippen molar-refractivity contribution in [1.29, 1.82) is 0 Å². The first-order valence-electron chi connectivity index (χ1n) is 5.72. The fourth-order valence-corrected chi connectivity index (χ4v) is 1.81. The van der Waals surface area contributed by atoms with Crippen LogP contribution in [0, 0.1) is 0 Å². The summed E-state index contributed by atoms with van der Waals surface area (Å²) in [5, 5.41) is 2.91. The fourth-order valence-electron chi connectivity index (χ4n) is 1.43. The van der Waals surface area contributed by atoms with Crippen molar-refractivity contribution >= 4 is 28.5 Å². The number of amides is 1. The zero-order valence-corrected chi connectivity index (χ0v) is 12.2. The van der Waals surface area contributed by atoms with Crippen LogP contribution in [0.1, 0.15) is 18.4 Å². The number of ether oxygens (including phenoxy) is 1. The number of alkyl halides is 1. The zero-order valence-electron chi connectivity index (χ0n) is 10.0. The molecule has 0 saturated carbocycles. The molecule has 17 heavy (non-hydrogen) atoms. The van der Waals surface area contributed by atoms with Crippen molar-refractivity contribution < 1.29 is 9.53 Å². The van der Waals surface area contributed by atoms with Crippen LogP contribution in [0.25, 0.3) is 0 Å². The van der Waals surface area contributed by atoms with Gasteiger partial charge in [0, 0.05) is 17.4 Å². The van der Waals surface area contributed by atoms with E-state index in [0.29, 0.717) is 6.42 Å². The SMILES string of the molecule is COc1ccc(CCC(=O)NCCCI)cc1. The van der Waals surface area contributed by atoms with Gasteiger partial charge in [0.1, 0.15) is 5.75 Å². The Balaban J connectivity index is 2.27. The third-order valence-electron chi connectivity index (χ3n) is 2.43. The average molecular weight is 347 g/mol. The van der Waals surface area contributed by atoms with E-state index in [-0.39, 0.29) is 5.91 Å². The van der Waals surface area contributed by atoms with E-state index >= 15 is 0 Å². The Morgan fingerprint density at radius 1 is 1.35 bits per heavy atom. The highest BCUT2D eigenvalue weighted by Gasteiger charge is 2.01. The van der Waals surface area contributed by atoms with Gasteiger partial charge in [0.25, 0.3) is 0 Å². The summed E-state index contributed by atoms with van der Waals surface area (Å²) in [4.78, 5) is 11.5. The molecule has 1 rings (SSSR count). The molecule has 0 radical (unpaired) electrons. The number of methoxy groups -OCH3 is 1. The van der Waals surface area contributed by atoms with Crippen molar-refractivity contribution in [3.63, 3.8) is 0 Å². The summed E-state index contributed by atoms with van der Waals surface area (Å²) in [5.74, 6) is 0.978. The maximum Gasteiger partial charge on any atom is 0.220 e. The number of carbonyl (C=O) groups excluding carboxylic acids is 1. The first-order chi connectivity index (χ1) is 8.26. The van der Waals surface area contributed by atoms with Crippen LogP contribution in [0.2, 0.25) is 0 Å². The van der Waals surface area contributed by atoms with Crippen LogP contribution in [0.3, 0.4) is 0 Å². The molecule has 1 aromatic carbocycles. The maximum atomic E-state index is 11.5. The van der Waals surface area contributed by atoms with Crippen molar-refractivity contribution in [3.8, 4) is 5.75 Å². The molecule has 3 nitrogen and oxygen atoms in total. The summed E-state index contributed by atoms with van der Waals surface area (Å²) in [5.41, 5.74) is 1.16. The summed E-state index contributed by atoms with van der Waals surface area (Å²) in [6.45, 7) is 0.782. The summed E-state index contributed by atoms with van der Waals surface area (Å²) < 4.78 is 6.16. The van der Waals surface area contributed by atoms with Gasteiger partial charge >= 0.3 is 0 Å². The van der Waals surface area contributed by atoms with Gasteiger partial charge in [-0.3, -0.25) is 4.79 Å². The standard InChI is InChI=1S/C13H18INO2/c1-17-12-6-3-11(4-7-12)5-8-13(16)15-10-2-9-14/h3-4,6-7H,2,5,8-10H2,1H3,(H,15,16). The molecule has 1 amide bonds. The maximum absolute atomic E-state index is 11.5. The molecule has 0 saturated heterocycles. The largest absolute Gasteiger partial charge is 0.497 e. The highest BCUT2D eigenvalue weighted by molar-refractivity contribution is 14.1. The minimum absolute atomic E-state index is 0.130. The predicted octanol–water partition coefficient (Wildman–Crippen LogP) is 2.57. The van der Waals surface area contributed by atoms with Crippen molar-refractivity contribution in [1.82, 2.24) is 5.32 Å². The lowest BCUT2D eigenvalue weighted by Gasteiger charge is -2.05. The summed E-state index contributed by atoms with van der Waals surface area (Å²) in [7, 11) is 1.65. The van der Waals surface area contributed by atoms with Gasteiger partial charge < -0.3 is 10.1 Å². The average Bonchev–Trinajstić information content (AvgIpc) is 2.37. The molecule has 0 spiro atoms. The highest BCUT2D eigenvalue weighted by atomic mass is 127. The molecule has 1 aromatic rings. The van der Waals surface area contributed by atoms with Crippen LogP contribution in [-0.2, 0) is 11.2 Å². The topological polar surface area (TPSA) is 38.3 Å². The van der Waals surface area contributed by atoms with Crippen LogP contribution in [-0.4, -0.2) is 24.0 Å². The Labute approximate surface area is 116 Å². The van der Waals surface area contributed by atoms with Gasteiger partial charge in [0.15, 0.2) is 0 Å². The molecule has 0 aliphatic rings. The van der Waals surface area contributed by atoms with E-state index in [2.05, 4.69) is 27.9 Å². The lowest BCUT2D eigenvalue weighted by atomic mass is 10.1. The molecular weight excluding hydrogens is 329 g/mol. The number of carbonyl (C=O) groups is 1. The van der Waals surface area contributed by atoms with E-state index in [4.69, 9.17) is 4.74 Å². The van der Waals surface area contributed by atoms with E-state index in [0.717, 1.165) is 35.1 Å². The van der Waals surface area contributed by atoms with Crippen LogP contribution in [0.5, 0.6) is 5.75 Å². The van der Waals surface area contributed by atoms with E-state index < -0.39 is 0 Å². The molecule has 0 aliphatic heterocycles. The fraction of sp³-hybridized carbons (Fsp3) is 0.462. The first kappa shape index (κ1) is 14.3. The zero-order chi connectivity index (χ0) is 12.5. The lowest BCUT2D eigenvalue weighted by molar-refractivity contribution is -0.121. The van der Waals surface area contributed by atoms with Crippen LogP contribution in [0.15, 0.2) is 24.3 Å². The number of aryl methyl sites for hydroxylation is 1. The molecule has 0 heterocycles. The molecule has 0 aromatic heterocycles. The summed E-state index contributed by atoms with van der Waals surface area (Å²) in [6, 6.07) is 7.83. The number of benzene rings is 1. The normalized spacial score (nSPS) is 10.0. The molecule has 0 fully saturated rings. The van der Waals surface area contributed by atoms with E-state index in [1.54, 1.807) is 7.11 Å². The third kappa shape index (κ3) is 5.91. The second kappa shape index (κ2) is 8.33. The van der Waals surface area contributed by atoms with Crippen LogP contribution < -0.4 is 10.1 Å². The Morgan fingerprint density at radius 2 is 2.06 bits per heavy atom. The number of rotatable bonds is 7. The molecule has 0 bridgehead atoms. The lowest BCUT2D eigenvalue weighted by Crippen LogP contribution is -2.24. The number of hydrogen-bond acceptors (Lipinski definition) is 2. The Hall–Kier alpha value is -0.780. The van der Waals surface area contributed by atoms with Crippen LogP contribution >= 0.6 is 22.6 Å². The molecule has 0 aliphatic carbocycles. The Morgan fingerprint density at radius 3 is 2.65 bits per heavy atom. The molecular formula is C13H18INO2. The predicted molar refractivity (Wildman–Crippen MR) is 77.8 cm³/mol. The van der Waals surface area contributed by atoms with Crippen LogP contribution in [0.4, 0.5) is 0 Å². The van der Waals surface area contributed by atoms with E-state index in [1.807, 2.05) is 24.3 Å². The van der Waals surface area contributed by atoms with E-state index in [9.17, 15) is 4.79 Å². The molecule has 4 heteroatoms. The molecule has 1 N–H and O–H groups in total. The van der Waals surface area contributed by atoms with E-state index in [1.165, 1.54) is 0 Å². The van der Waals surface area contributed by atoms with Crippen molar-refractivity contribution in [2.24, 2.45) is 0 Å². The van der Waals surface area contributed by atoms with Gasteiger partial charge in [-0.25, -0.2) is 0 Å². The quantitative estimate of drug-likeness (QED) is 0.468. The summed E-state index contributed by atoms with van der Waals surface area (Å²) >= 11 is 2.31. The minimum atomic E-state index is 0.130. The second-order valence-electron chi connectivity index (χ2n) is 3.74. The van der Waals surface area contributed by atoms with Gasteiger partial charge in [-0.2, -0.15) is 0 Å². The molecule has 0 unspecified atom stereocenters. The minimum Gasteiger partial charge on any atom is -0.497 e. The first-order valence-corrected chi connectivity index (χ1v) is 7.24. The van der Waals surface area contributed by atoms with Gasteiger partial charge in [0.2, 0.25) is 5.91 Å². The van der Waals surface area contributed by atoms with Gasteiger partial charge in [-0.1, -0.05) is 34.7 Å². The van der Waals surface area contributed by atoms with Gasteiger partial charge in [-0.05, 0) is 30.5 Å². The molecule has 94 valence electrons. The monoisotopic (exact) mass is 347 g/mol. The van der Waals surface area contributed by atoms with Crippen molar-refractivity contribution in [2.75, 3.05) is 18.1 Å². The highest BCUT2D eigenvalue weighted by Crippen LogP contribution is 2.12. The third-order valence-corrected chi connectivity index (χ3v) is 3.20. The van der Waals surface area contributed by atoms with Crippen molar-refractivity contribution in [3.05, 3.63) is 29.8 Å². The van der Waals surface area contributed by atoms with Gasteiger partial charge in [0.05, 0.1) is 7.11 Å². The van der Waals surface area contributed by atoms with Gasteiger partial charge in [-0.15, -0.1) is 0 Å². The number of nitrogens with one attached hydrogen (secondary N) is 1. The Bertz CT molecular complexity index is 338. The Kier molecular flexibility index (Phi) is 7.00. The number of halogens is 1. The number of hydrogen-bond donors (Lipinski definition) is 1. The smallest absolute Gasteiger partial charge is 0.220 e. The summed E-state index contributed by atoms with van der Waals surface area (Å²) in [6.07, 6.45) is 2.36. The molecule has 0 atom stereocenters. The second-order valence-corrected chi connectivity index (χ2v) is 4.82.